The number of rotatable bonds is 68. The molecular formula is C115H188O. The van der Waals surface area contributed by atoms with Gasteiger partial charge in [0.2, 0.25) is 0 Å². The highest BCUT2D eigenvalue weighted by Crippen LogP contribution is 2.25. The predicted octanol–water partition coefficient (Wildman–Crippen LogP) is 39.0. The number of hydrogen-bond donors (Lipinski definition) is 1. The molecule has 1 nitrogen and oxygen atoms in total. The molecule has 0 aliphatic carbocycles. The Morgan fingerprint density at radius 2 is 0.241 bits per heavy atom. The fraction of sp³-hybridized carbons (Fsp3) is 0.617. The quantitative estimate of drug-likeness (QED) is 0.0602. The minimum Gasteiger partial charge on any atom is -0.396 e. The van der Waals surface area contributed by atoms with Crippen molar-refractivity contribution in [2.75, 3.05) is 6.61 Å². The van der Waals surface area contributed by atoms with Crippen molar-refractivity contribution in [3.8, 4) is 0 Å². The molecule has 0 rings (SSSR count). The standard InChI is InChI=1S/C115H188O/c1-93(2)47-25-48-94(3)49-26-50-95(4)51-27-52-96(5)53-28-54-97(6)55-29-56-98(7)57-30-58-99(8)59-31-60-100(9)61-32-62-101(10)63-33-64-102(11)65-34-66-103(12)67-35-68-104(13)69-36-70-105(14)71-37-72-106(15)73-38-74-107(16)75-39-76-108(17)77-40-78-109(18)79-41-80-110(19)81-42-82-111(20)83-43-84-112(21)85-44-86-113(22)87-45-88-114(23)89-46-90-115(24)91-92-116/h47,49,51,53,55,57,59,61,63,65,67,69,71,73,75,77,79,81,83,85,87,89,115-116H,25-46,48,50,52,54,56,58,60,62,64,66,68,70,72,74,76,78,80,82,84,86,88,90-92H2,1-24H3/b94-49-,95-51-,96-53-,97-55-,98-57-,99-59-,100-61-,101-63-,102-65-,103-67-,104-69-,105-71-,106-73-,107-75-,108-77-,109-79-,110-81-,111-83-,112-85-,113-87-,114-89-/t115-/m0/s1. The normalized spacial score (nSPS) is 15.5. The van der Waals surface area contributed by atoms with Gasteiger partial charge in [0.15, 0.2) is 0 Å². The van der Waals surface area contributed by atoms with Crippen LogP contribution in [0.25, 0.3) is 0 Å². The minimum atomic E-state index is 0.308. The molecule has 0 aromatic rings. The van der Waals surface area contributed by atoms with E-state index in [0.717, 1.165) is 154 Å². The van der Waals surface area contributed by atoms with Gasteiger partial charge in [-0.2, -0.15) is 0 Å². The van der Waals surface area contributed by atoms with Gasteiger partial charge in [0.25, 0.3) is 0 Å². The SMILES string of the molecule is CC(C)=CCC/C(C)=C\CC/C(C)=C\CC/C(C)=C\CC/C(C)=C\CC/C(C)=C\CC/C(C)=C\CC/C(C)=C\CC/C(C)=C\CC/C(C)=C\CC/C(C)=C\CC/C(C)=C\CC/C(C)=C\CC/C(C)=C\CC/C(C)=C\CC/C(C)=C\CC/C(C)=C\CC/C(C)=C\CC/C(C)=C\CC/C(C)=C\CC/C(C)=C\CC/C(C)=C\CC[C@H](C)CCO. The number of aliphatic hydroxyl groups excluding tert-OH is 1. The van der Waals surface area contributed by atoms with E-state index in [-0.39, 0.29) is 0 Å². The topological polar surface area (TPSA) is 20.2 Å². The largest absolute Gasteiger partial charge is 0.396 e. The van der Waals surface area contributed by atoms with Gasteiger partial charge >= 0.3 is 0 Å². The Hall–Kier alpha value is -5.76. The van der Waals surface area contributed by atoms with E-state index in [1.54, 1.807) is 0 Å². The van der Waals surface area contributed by atoms with Crippen molar-refractivity contribution < 1.29 is 5.11 Å². The van der Waals surface area contributed by atoms with Gasteiger partial charge in [0.05, 0.1) is 0 Å². The highest BCUT2D eigenvalue weighted by Gasteiger charge is 2.05. The van der Waals surface area contributed by atoms with E-state index in [2.05, 4.69) is 300 Å². The van der Waals surface area contributed by atoms with Crippen molar-refractivity contribution in [3.63, 3.8) is 0 Å². The first-order valence-electron chi connectivity index (χ1n) is 47.5. The lowest BCUT2D eigenvalue weighted by molar-refractivity contribution is 0.259. The van der Waals surface area contributed by atoms with Crippen LogP contribution in [-0.4, -0.2) is 11.7 Å². The maximum atomic E-state index is 9.12. The lowest BCUT2D eigenvalue weighted by Gasteiger charge is -2.07. The maximum Gasteiger partial charge on any atom is 0.0433 e. The molecule has 0 unspecified atom stereocenters. The Morgan fingerprint density at radius 1 is 0.147 bits per heavy atom. The van der Waals surface area contributed by atoms with E-state index in [4.69, 9.17) is 5.11 Å². The van der Waals surface area contributed by atoms with E-state index >= 15 is 0 Å². The van der Waals surface area contributed by atoms with E-state index < -0.39 is 0 Å². The molecule has 0 aromatic heterocycles. The van der Waals surface area contributed by atoms with Gasteiger partial charge in [0.1, 0.15) is 0 Å². The molecular weight excluding hydrogens is 1400 g/mol. The van der Waals surface area contributed by atoms with Crippen molar-refractivity contribution >= 4 is 0 Å². The first kappa shape index (κ1) is 110. The van der Waals surface area contributed by atoms with Crippen molar-refractivity contribution in [2.24, 2.45) is 5.92 Å². The molecule has 1 N–H and O–H groups in total. The second-order valence-corrected chi connectivity index (χ2v) is 36.8. The molecule has 0 heterocycles. The van der Waals surface area contributed by atoms with Gasteiger partial charge in [-0.15, -0.1) is 0 Å². The van der Waals surface area contributed by atoms with Gasteiger partial charge in [0, 0.05) is 6.61 Å². The fourth-order valence-corrected chi connectivity index (χ4v) is 14.6. The van der Waals surface area contributed by atoms with Crippen LogP contribution in [0.3, 0.4) is 0 Å². The van der Waals surface area contributed by atoms with Crippen LogP contribution in [0.2, 0.25) is 0 Å². The summed E-state index contributed by atoms with van der Waals surface area (Å²) in [5.74, 6) is 0.610. The number of aliphatic hydroxyl groups is 1. The Morgan fingerprint density at radius 3 is 0.336 bits per heavy atom. The first-order chi connectivity index (χ1) is 55.4. The summed E-state index contributed by atoms with van der Waals surface area (Å²) >= 11 is 0. The summed E-state index contributed by atoms with van der Waals surface area (Å²) in [4.78, 5) is 0. The fourth-order valence-electron chi connectivity index (χ4n) is 14.6. The molecule has 0 aromatic carbocycles. The summed E-state index contributed by atoms with van der Waals surface area (Å²) in [5.41, 5.74) is 33.5. The van der Waals surface area contributed by atoms with Crippen LogP contribution in [0.15, 0.2) is 256 Å². The van der Waals surface area contributed by atoms with Crippen LogP contribution in [0.5, 0.6) is 0 Å². The van der Waals surface area contributed by atoms with Gasteiger partial charge in [-0.25, -0.2) is 0 Å². The Bertz CT molecular complexity index is 3360. The summed E-state index contributed by atoms with van der Waals surface area (Å²) in [6.45, 7) is 55.5. The van der Waals surface area contributed by atoms with Crippen molar-refractivity contribution in [2.45, 2.75) is 455 Å². The zero-order valence-electron chi connectivity index (χ0n) is 81.3. The third-order valence-corrected chi connectivity index (χ3v) is 23.5. The Kier molecular flexibility index (Phi) is 70.6. The van der Waals surface area contributed by atoms with Crippen LogP contribution >= 0.6 is 0 Å². The van der Waals surface area contributed by atoms with E-state index in [9.17, 15) is 0 Å². The van der Waals surface area contributed by atoms with Crippen molar-refractivity contribution in [1.82, 2.24) is 0 Å². The van der Waals surface area contributed by atoms with Gasteiger partial charge in [-0.05, 0) is 454 Å². The van der Waals surface area contributed by atoms with Crippen molar-refractivity contribution in [3.05, 3.63) is 256 Å². The lowest BCUT2D eigenvalue weighted by atomic mass is 10.0. The average Bonchev–Trinajstić information content (AvgIpc) is 1.00. The molecule has 0 spiro atoms. The number of allylic oxidation sites excluding steroid dienone is 44. The maximum absolute atomic E-state index is 9.12. The zero-order chi connectivity index (χ0) is 86.4. The zero-order valence-corrected chi connectivity index (χ0v) is 81.3. The molecule has 0 radical (unpaired) electrons. The molecule has 0 saturated heterocycles. The van der Waals surface area contributed by atoms with Gasteiger partial charge in [-0.3, -0.25) is 0 Å². The predicted molar refractivity (Wildman–Crippen MR) is 532 cm³/mol. The highest BCUT2D eigenvalue weighted by molar-refractivity contribution is 5.17. The molecule has 0 aliphatic heterocycles. The number of hydrogen-bond acceptors (Lipinski definition) is 1. The van der Waals surface area contributed by atoms with Crippen LogP contribution in [0.4, 0.5) is 0 Å². The smallest absolute Gasteiger partial charge is 0.0433 e. The second-order valence-electron chi connectivity index (χ2n) is 36.8. The highest BCUT2D eigenvalue weighted by atomic mass is 16.3. The molecule has 0 bridgehead atoms. The molecule has 0 saturated carbocycles. The Balaban J connectivity index is 4.37. The monoisotopic (exact) mass is 1590 g/mol. The molecule has 0 amide bonds. The second kappa shape index (κ2) is 74.3. The van der Waals surface area contributed by atoms with Gasteiger partial charge < -0.3 is 5.11 Å². The first-order valence-corrected chi connectivity index (χ1v) is 47.5. The Labute approximate surface area is 724 Å². The van der Waals surface area contributed by atoms with Gasteiger partial charge in [-0.1, -0.05) is 263 Å². The third-order valence-electron chi connectivity index (χ3n) is 23.5. The van der Waals surface area contributed by atoms with Crippen LogP contribution < -0.4 is 0 Å². The molecule has 654 valence electrons. The summed E-state index contributed by atoms with van der Waals surface area (Å²) < 4.78 is 0. The summed E-state index contributed by atoms with van der Waals surface area (Å²) in [5, 5.41) is 9.12. The van der Waals surface area contributed by atoms with E-state index in [1.807, 2.05) is 0 Å². The molecule has 1 atom stereocenters. The molecule has 116 heavy (non-hydrogen) atoms. The van der Waals surface area contributed by atoms with Crippen molar-refractivity contribution in [1.29, 1.82) is 0 Å². The van der Waals surface area contributed by atoms with E-state index in [0.29, 0.717) is 12.5 Å². The van der Waals surface area contributed by atoms with Crippen LogP contribution in [-0.2, 0) is 0 Å². The van der Waals surface area contributed by atoms with Crippen LogP contribution in [0.1, 0.15) is 455 Å². The van der Waals surface area contributed by atoms with Crippen LogP contribution in [0, 0.1) is 5.92 Å². The third kappa shape index (κ3) is 74.5. The minimum absolute atomic E-state index is 0.308. The average molecular weight is 1590 g/mol. The lowest BCUT2D eigenvalue weighted by Crippen LogP contribution is -1.97. The summed E-state index contributed by atoms with van der Waals surface area (Å²) in [7, 11) is 0. The summed E-state index contributed by atoms with van der Waals surface area (Å²) in [6.07, 6.45) is 106. The summed E-state index contributed by atoms with van der Waals surface area (Å²) in [6, 6.07) is 0. The molecule has 1 heteroatoms. The van der Waals surface area contributed by atoms with E-state index in [1.165, 1.54) is 257 Å². The molecule has 0 fully saturated rings. The molecule has 0 aliphatic rings.